The average Bonchev–Trinajstić information content (AvgIpc) is 2.72. The lowest BCUT2D eigenvalue weighted by molar-refractivity contribution is -0.154. The third kappa shape index (κ3) is 7.20. The minimum Gasteiger partial charge on any atom is -0.479 e. The largest absolute Gasteiger partial charge is 0.479 e. The van der Waals surface area contributed by atoms with Crippen LogP contribution in [-0.4, -0.2) is 39.5 Å². The summed E-state index contributed by atoms with van der Waals surface area (Å²) in [4.78, 5) is 23.8. The van der Waals surface area contributed by atoms with Crippen LogP contribution in [0, 0.1) is 11.3 Å². The summed E-state index contributed by atoms with van der Waals surface area (Å²) in [5.74, 6) is -0.778. The highest BCUT2D eigenvalue weighted by molar-refractivity contribution is 7.89. The summed E-state index contributed by atoms with van der Waals surface area (Å²) in [6, 6.07) is 14.2. The second-order valence-electron chi connectivity index (χ2n) is 6.29. The second kappa shape index (κ2) is 10.4. The molecular formula is C20H21N3O6S. The van der Waals surface area contributed by atoms with Crippen molar-refractivity contribution in [2.75, 3.05) is 13.2 Å². The summed E-state index contributed by atoms with van der Waals surface area (Å²) in [7, 11) is -3.74. The Morgan fingerprint density at radius 1 is 1.13 bits per heavy atom. The lowest BCUT2D eigenvalue weighted by atomic mass is 10.1. The molecule has 0 aliphatic rings. The molecule has 10 heteroatoms. The summed E-state index contributed by atoms with van der Waals surface area (Å²) < 4.78 is 32.8. The van der Waals surface area contributed by atoms with Crippen LogP contribution in [0.4, 0.5) is 0 Å². The zero-order valence-electron chi connectivity index (χ0n) is 16.2. The van der Waals surface area contributed by atoms with Gasteiger partial charge < -0.3 is 14.8 Å². The molecule has 0 aliphatic heterocycles. The van der Waals surface area contributed by atoms with Crippen molar-refractivity contribution >= 4 is 21.9 Å². The smallest absolute Gasteiger partial charge is 0.347 e. The number of carbonyl (C=O) groups is 2. The number of primary sulfonamides is 1. The highest BCUT2D eigenvalue weighted by Gasteiger charge is 2.17. The van der Waals surface area contributed by atoms with Gasteiger partial charge in [0, 0.05) is 6.54 Å². The molecule has 1 atom stereocenters. The molecule has 9 nitrogen and oxygen atoms in total. The van der Waals surface area contributed by atoms with Crippen LogP contribution in [0.5, 0.6) is 5.75 Å². The molecule has 2 rings (SSSR count). The van der Waals surface area contributed by atoms with Crippen molar-refractivity contribution in [2.24, 2.45) is 5.14 Å². The molecule has 30 heavy (non-hydrogen) atoms. The molecule has 1 amide bonds. The molecule has 0 aromatic heterocycles. The summed E-state index contributed by atoms with van der Waals surface area (Å²) in [6.45, 7) is 1.32. The predicted molar refractivity (Wildman–Crippen MR) is 107 cm³/mol. The van der Waals surface area contributed by atoms with Gasteiger partial charge in [-0.15, -0.1) is 0 Å². The lowest BCUT2D eigenvalue weighted by Crippen LogP contribution is -2.33. The summed E-state index contributed by atoms with van der Waals surface area (Å²) in [6.07, 6.45) is -0.467. The number of nitrogens with one attached hydrogen (secondary N) is 1. The van der Waals surface area contributed by atoms with Crippen molar-refractivity contribution in [3.05, 3.63) is 59.7 Å². The number of rotatable bonds is 9. The standard InChI is InChI=1S/C20H21N3O6S/c1-14(29-17-6-2-16(12-21)3-7-17)20(25)28-13-19(24)23-11-10-15-4-8-18(9-5-15)30(22,26)27/h2-9,14H,10-11,13H2,1H3,(H,23,24)(H2,22,26,27). The number of nitrogens with zero attached hydrogens (tertiary/aromatic N) is 1. The summed E-state index contributed by atoms with van der Waals surface area (Å²) in [5, 5.41) is 16.4. The topological polar surface area (TPSA) is 149 Å². The summed E-state index contributed by atoms with van der Waals surface area (Å²) in [5.41, 5.74) is 1.28. The van der Waals surface area contributed by atoms with Gasteiger partial charge in [0.25, 0.3) is 5.91 Å². The van der Waals surface area contributed by atoms with Gasteiger partial charge in [0.2, 0.25) is 10.0 Å². The molecule has 0 saturated heterocycles. The first-order valence-electron chi connectivity index (χ1n) is 8.91. The molecule has 0 spiro atoms. The molecule has 0 saturated carbocycles. The van der Waals surface area contributed by atoms with Gasteiger partial charge in [-0.1, -0.05) is 12.1 Å². The fourth-order valence-electron chi connectivity index (χ4n) is 2.36. The van der Waals surface area contributed by atoms with E-state index in [0.29, 0.717) is 17.7 Å². The molecule has 0 fully saturated rings. The Kier molecular flexibility index (Phi) is 7.91. The van der Waals surface area contributed by atoms with E-state index < -0.39 is 34.6 Å². The third-order valence-electron chi connectivity index (χ3n) is 3.96. The molecule has 0 radical (unpaired) electrons. The Morgan fingerprint density at radius 3 is 2.33 bits per heavy atom. The van der Waals surface area contributed by atoms with Crippen LogP contribution < -0.4 is 15.2 Å². The van der Waals surface area contributed by atoms with E-state index in [9.17, 15) is 18.0 Å². The second-order valence-corrected chi connectivity index (χ2v) is 7.85. The van der Waals surface area contributed by atoms with E-state index in [1.54, 1.807) is 36.4 Å². The number of amides is 1. The van der Waals surface area contributed by atoms with Crippen LogP contribution in [0.15, 0.2) is 53.4 Å². The maximum Gasteiger partial charge on any atom is 0.347 e. The highest BCUT2D eigenvalue weighted by Crippen LogP contribution is 2.14. The van der Waals surface area contributed by atoms with Crippen molar-refractivity contribution in [1.82, 2.24) is 5.32 Å². The first kappa shape index (κ1) is 22.9. The average molecular weight is 431 g/mol. The normalized spacial score (nSPS) is 11.8. The number of esters is 1. The minimum absolute atomic E-state index is 0.0135. The zero-order valence-corrected chi connectivity index (χ0v) is 17.0. The van der Waals surface area contributed by atoms with E-state index >= 15 is 0 Å². The van der Waals surface area contributed by atoms with Gasteiger partial charge in [-0.05, 0) is 55.3 Å². The SMILES string of the molecule is CC(Oc1ccc(C#N)cc1)C(=O)OCC(=O)NCCc1ccc(S(N)(=O)=O)cc1. The monoisotopic (exact) mass is 431 g/mol. The Balaban J connectivity index is 1.70. The van der Waals surface area contributed by atoms with E-state index in [0.717, 1.165) is 5.56 Å². The Morgan fingerprint density at radius 2 is 1.77 bits per heavy atom. The number of nitriles is 1. The van der Waals surface area contributed by atoms with Crippen LogP contribution in [-0.2, 0) is 30.8 Å². The molecule has 1 unspecified atom stereocenters. The van der Waals surface area contributed by atoms with E-state index in [2.05, 4.69) is 5.32 Å². The van der Waals surface area contributed by atoms with Gasteiger partial charge in [0.05, 0.1) is 16.5 Å². The lowest BCUT2D eigenvalue weighted by Gasteiger charge is -2.14. The van der Waals surface area contributed by atoms with Gasteiger partial charge in [-0.25, -0.2) is 18.4 Å². The fourth-order valence-corrected chi connectivity index (χ4v) is 2.87. The molecule has 158 valence electrons. The molecule has 0 heterocycles. The molecule has 2 aromatic rings. The van der Waals surface area contributed by atoms with Crippen LogP contribution in [0.3, 0.4) is 0 Å². The van der Waals surface area contributed by atoms with Crippen molar-refractivity contribution in [3.8, 4) is 11.8 Å². The Labute approximate surface area is 174 Å². The van der Waals surface area contributed by atoms with Crippen molar-refractivity contribution in [3.63, 3.8) is 0 Å². The van der Waals surface area contributed by atoms with Crippen molar-refractivity contribution < 1.29 is 27.5 Å². The van der Waals surface area contributed by atoms with Gasteiger partial charge in [-0.3, -0.25) is 4.79 Å². The summed E-state index contributed by atoms with van der Waals surface area (Å²) >= 11 is 0. The van der Waals surface area contributed by atoms with E-state index in [4.69, 9.17) is 19.9 Å². The number of carbonyl (C=O) groups excluding carboxylic acids is 2. The van der Waals surface area contributed by atoms with E-state index in [1.807, 2.05) is 6.07 Å². The first-order chi connectivity index (χ1) is 14.2. The van der Waals surface area contributed by atoms with Gasteiger partial charge in [0.15, 0.2) is 12.7 Å². The quantitative estimate of drug-likeness (QED) is 0.560. The molecule has 0 aliphatic carbocycles. The molecular weight excluding hydrogens is 410 g/mol. The number of benzene rings is 2. The Bertz CT molecular complexity index is 1030. The predicted octanol–water partition coefficient (Wildman–Crippen LogP) is 0.875. The van der Waals surface area contributed by atoms with Crippen LogP contribution in [0.1, 0.15) is 18.1 Å². The number of sulfonamides is 1. The number of nitrogens with two attached hydrogens (primary N) is 1. The number of hydrogen-bond acceptors (Lipinski definition) is 7. The van der Waals surface area contributed by atoms with Crippen LogP contribution >= 0.6 is 0 Å². The first-order valence-corrected chi connectivity index (χ1v) is 10.5. The van der Waals surface area contributed by atoms with Gasteiger partial charge in [-0.2, -0.15) is 5.26 Å². The maximum atomic E-state index is 11.9. The molecule has 2 aromatic carbocycles. The third-order valence-corrected chi connectivity index (χ3v) is 4.89. The van der Waals surface area contributed by atoms with E-state index in [1.165, 1.54) is 19.1 Å². The van der Waals surface area contributed by atoms with Crippen LogP contribution in [0.25, 0.3) is 0 Å². The number of hydrogen-bond donors (Lipinski definition) is 2. The fraction of sp³-hybridized carbons (Fsp3) is 0.250. The minimum atomic E-state index is -3.74. The Hall–Kier alpha value is -3.42. The molecule has 3 N–H and O–H groups in total. The van der Waals surface area contributed by atoms with Crippen molar-refractivity contribution in [1.29, 1.82) is 5.26 Å². The number of ether oxygens (including phenoxy) is 2. The zero-order chi connectivity index (χ0) is 22.1. The van der Waals surface area contributed by atoms with Gasteiger partial charge >= 0.3 is 5.97 Å². The maximum absolute atomic E-state index is 11.9. The van der Waals surface area contributed by atoms with E-state index in [-0.39, 0.29) is 11.4 Å². The molecule has 0 bridgehead atoms. The highest BCUT2D eigenvalue weighted by atomic mass is 32.2. The van der Waals surface area contributed by atoms with Gasteiger partial charge in [0.1, 0.15) is 5.75 Å². The van der Waals surface area contributed by atoms with Crippen LogP contribution in [0.2, 0.25) is 0 Å². The van der Waals surface area contributed by atoms with Crippen molar-refractivity contribution in [2.45, 2.75) is 24.3 Å².